The van der Waals surface area contributed by atoms with Gasteiger partial charge in [-0.1, -0.05) is 53.2 Å². The van der Waals surface area contributed by atoms with Gasteiger partial charge in [-0.2, -0.15) is 4.98 Å². The molecule has 0 fully saturated rings. The number of aryl methyl sites for hydroxylation is 1. The van der Waals surface area contributed by atoms with Crippen molar-refractivity contribution in [2.24, 2.45) is 0 Å². The maximum Gasteiger partial charge on any atom is 0.264 e. The van der Waals surface area contributed by atoms with Crippen LogP contribution in [0.2, 0.25) is 0 Å². The third kappa shape index (κ3) is 4.44. The van der Waals surface area contributed by atoms with Gasteiger partial charge in [-0.15, -0.1) is 0 Å². The van der Waals surface area contributed by atoms with Crippen LogP contribution in [0.4, 0.5) is 5.69 Å². The second kappa shape index (κ2) is 8.61. The summed E-state index contributed by atoms with van der Waals surface area (Å²) < 4.78 is 38.8. The molecule has 0 saturated heterocycles. The number of nitrogens with zero attached hydrogens (tertiary/aromatic N) is 3. The highest BCUT2D eigenvalue weighted by molar-refractivity contribution is 7.92. The van der Waals surface area contributed by atoms with Crippen LogP contribution in [0, 0.1) is 6.92 Å². The topological polar surface area (TPSA) is 85.5 Å². The lowest BCUT2D eigenvalue weighted by Gasteiger charge is -2.23. The summed E-state index contributed by atoms with van der Waals surface area (Å²) in [5, 5.41) is 4.00. The summed E-state index contributed by atoms with van der Waals surface area (Å²) in [6.45, 7) is 1.80. The summed E-state index contributed by atoms with van der Waals surface area (Å²) in [6, 6.07) is 22.8. The first-order chi connectivity index (χ1) is 15.0. The third-order valence-corrected chi connectivity index (χ3v) is 6.54. The van der Waals surface area contributed by atoms with Gasteiger partial charge < -0.3 is 9.26 Å². The number of rotatable bonds is 7. The van der Waals surface area contributed by atoms with Crippen LogP contribution >= 0.6 is 0 Å². The predicted molar refractivity (Wildman–Crippen MR) is 117 cm³/mol. The van der Waals surface area contributed by atoms with E-state index in [1.165, 1.54) is 4.31 Å². The number of hydrogen-bond acceptors (Lipinski definition) is 6. The lowest BCUT2D eigenvalue weighted by molar-refractivity contribution is 0.380. The van der Waals surface area contributed by atoms with Crippen molar-refractivity contribution in [3.05, 3.63) is 90.3 Å². The zero-order valence-corrected chi connectivity index (χ0v) is 17.9. The minimum absolute atomic E-state index is 0.109. The Balaban J connectivity index is 1.72. The molecule has 1 heterocycles. The van der Waals surface area contributed by atoms with E-state index in [4.69, 9.17) is 9.26 Å². The second-order valence-electron chi connectivity index (χ2n) is 6.90. The van der Waals surface area contributed by atoms with E-state index in [0.717, 1.165) is 11.1 Å². The fraction of sp³-hybridized carbons (Fsp3) is 0.130. The Morgan fingerprint density at radius 2 is 1.61 bits per heavy atom. The largest absolute Gasteiger partial charge is 0.497 e. The molecule has 0 atom stereocenters. The van der Waals surface area contributed by atoms with Crippen molar-refractivity contribution in [2.45, 2.75) is 18.4 Å². The molecule has 0 N–H and O–H groups in total. The molecule has 0 aliphatic heterocycles. The van der Waals surface area contributed by atoms with Gasteiger partial charge in [0.1, 0.15) is 12.3 Å². The average Bonchev–Trinajstić information content (AvgIpc) is 3.27. The van der Waals surface area contributed by atoms with Crippen molar-refractivity contribution in [2.75, 3.05) is 11.4 Å². The zero-order chi connectivity index (χ0) is 21.8. The van der Waals surface area contributed by atoms with E-state index in [1.807, 2.05) is 37.3 Å². The summed E-state index contributed by atoms with van der Waals surface area (Å²) in [6.07, 6.45) is 0. The van der Waals surface area contributed by atoms with Crippen molar-refractivity contribution in [1.82, 2.24) is 10.1 Å². The Hall–Kier alpha value is -3.65. The fourth-order valence-electron chi connectivity index (χ4n) is 3.05. The van der Waals surface area contributed by atoms with Crippen LogP contribution in [0.15, 0.2) is 88.3 Å². The molecule has 0 bridgehead atoms. The summed E-state index contributed by atoms with van der Waals surface area (Å²) in [7, 11) is -2.32. The van der Waals surface area contributed by atoms with Crippen LogP contribution in [-0.4, -0.2) is 25.7 Å². The lowest BCUT2D eigenvalue weighted by atomic mass is 10.2. The smallest absolute Gasteiger partial charge is 0.264 e. The van der Waals surface area contributed by atoms with Crippen molar-refractivity contribution in [3.8, 4) is 17.1 Å². The number of anilines is 1. The Morgan fingerprint density at radius 3 is 2.26 bits per heavy atom. The Morgan fingerprint density at radius 1 is 0.935 bits per heavy atom. The molecule has 0 radical (unpaired) electrons. The summed E-state index contributed by atoms with van der Waals surface area (Å²) >= 11 is 0. The molecule has 7 nitrogen and oxygen atoms in total. The Bertz CT molecular complexity index is 1250. The minimum atomic E-state index is -3.88. The number of ether oxygens (including phenoxy) is 1. The van der Waals surface area contributed by atoms with Gasteiger partial charge in [0.15, 0.2) is 0 Å². The van der Waals surface area contributed by atoms with Crippen molar-refractivity contribution >= 4 is 15.7 Å². The molecule has 0 saturated carbocycles. The van der Waals surface area contributed by atoms with E-state index in [9.17, 15) is 8.42 Å². The minimum Gasteiger partial charge on any atom is -0.497 e. The molecule has 0 aliphatic rings. The van der Waals surface area contributed by atoms with Gasteiger partial charge >= 0.3 is 0 Å². The first-order valence-electron chi connectivity index (χ1n) is 9.59. The number of aromatic nitrogens is 2. The number of methoxy groups -OCH3 is 1. The van der Waals surface area contributed by atoms with Gasteiger partial charge in [0.05, 0.1) is 17.7 Å². The fourth-order valence-corrected chi connectivity index (χ4v) is 4.46. The maximum atomic E-state index is 13.5. The standard InChI is InChI=1S/C23H21N3O4S/c1-17-8-14-21(15-9-17)31(27,28)26(19-10-12-20(29-2)13-11-19)16-22-24-23(25-30-22)18-6-4-3-5-7-18/h3-15H,16H2,1-2H3. The predicted octanol–water partition coefficient (Wildman–Crippen LogP) is 4.45. The van der Waals surface area contributed by atoms with E-state index in [0.29, 0.717) is 17.3 Å². The molecule has 0 amide bonds. The van der Waals surface area contributed by atoms with Gasteiger partial charge in [-0.3, -0.25) is 4.31 Å². The Kier molecular flexibility index (Phi) is 5.73. The SMILES string of the molecule is COc1ccc(N(Cc2nc(-c3ccccc3)no2)S(=O)(=O)c2ccc(C)cc2)cc1. The lowest BCUT2D eigenvalue weighted by Crippen LogP contribution is -2.30. The van der Waals surface area contributed by atoms with Gasteiger partial charge in [0, 0.05) is 5.56 Å². The van der Waals surface area contributed by atoms with Gasteiger partial charge in [-0.05, 0) is 43.3 Å². The number of sulfonamides is 1. The van der Waals surface area contributed by atoms with Gasteiger partial charge in [0.2, 0.25) is 11.7 Å². The Labute approximate surface area is 181 Å². The third-order valence-electron chi connectivity index (χ3n) is 4.75. The highest BCUT2D eigenvalue weighted by Gasteiger charge is 2.27. The average molecular weight is 436 g/mol. The van der Waals surface area contributed by atoms with Crippen molar-refractivity contribution < 1.29 is 17.7 Å². The molecule has 0 unspecified atom stereocenters. The van der Waals surface area contributed by atoms with Crippen LogP contribution in [0.25, 0.3) is 11.4 Å². The van der Waals surface area contributed by atoms with E-state index < -0.39 is 10.0 Å². The van der Waals surface area contributed by atoms with E-state index >= 15 is 0 Å². The molecule has 3 aromatic carbocycles. The van der Waals surface area contributed by atoms with Gasteiger partial charge in [0.25, 0.3) is 10.0 Å². The molecule has 4 aromatic rings. The quantitative estimate of drug-likeness (QED) is 0.426. The normalized spacial score (nSPS) is 11.3. The van der Waals surface area contributed by atoms with Crippen LogP contribution in [0.1, 0.15) is 11.5 Å². The summed E-state index contributed by atoms with van der Waals surface area (Å²) in [5.41, 5.74) is 2.22. The second-order valence-corrected chi connectivity index (χ2v) is 8.76. The van der Waals surface area contributed by atoms with Crippen LogP contribution in [0.3, 0.4) is 0 Å². The van der Waals surface area contributed by atoms with Gasteiger partial charge in [-0.25, -0.2) is 8.42 Å². The van der Waals surface area contributed by atoms with E-state index in [-0.39, 0.29) is 17.3 Å². The molecule has 0 spiro atoms. The molecular weight excluding hydrogens is 414 g/mol. The van der Waals surface area contributed by atoms with Crippen LogP contribution in [-0.2, 0) is 16.6 Å². The maximum absolute atomic E-state index is 13.5. The van der Waals surface area contributed by atoms with Crippen molar-refractivity contribution in [1.29, 1.82) is 0 Å². The summed E-state index contributed by atoms with van der Waals surface area (Å²) in [5.74, 6) is 1.21. The molecule has 8 heteroatoms. The van der Waals surface area contributed by atoms with E-state index in [2.05, 4.69) is 10.1 Å². The molecular formula is C23H21N3O4S. The number of benzene rings is 3. The van der Waals surface area contributed by atoms with Crippen LogP contribution in [0.5, 0.6) is 5.75 Å². The highest BCUT2D eigenvalue weighted by Crippen LogP contribution is 2.28. The van der Waals surface area contributed by atoms with Crippen LogP contribution < -0.4 is 9.04 Å². The molecule has 158 valence electrons. The number of hydrogen-bond donors (Lipinski definition) is 0. The molecule has 4 rings (SSSR count). The molecule has 0 aliphatic carbocycles. The highest BCUT2D eigenvalue weighted by atomic mass is 32.2. The monoisotopic (exact) mass is 435 g/mol. The van der Waals surface area contributed by atoms with Crippen molar-refractivity contribution in [3.63, 3.8) is 0 Å². The molecule has 31 heavy (non-hydrogen) atoms. The summed E-state index contributed by atoms with van der Waals surface area (Å²) in [4.78, 5) is 4.57. The van der Waals surface area contributed by atoms with E-state index in [1.54, 1.807) is 55.6 Å². The first-order valence-corrected chi connectivity index (χ1v) is 11.0. The zero-order valence-electron chi connectivity index (χ0n) is 17.1. The molecule has 1 aromatic heterocycles. The first kappa shape index (κ1) is 20.6.